The van der Waals surface area contributed by atoms with Crippen LogP contribution in [0.3, 0.4) is 0 Å². The Morgan fingerprint density at radius 1 is 1.07 bits per heavy atom. The number of nitroso groups, excluding NO2 is 1. The molecule has 1 unspecified atom stereocenters. The molecule has 0 bridgehead atoms. The van der Waals surface area contributed by atoms with Gasteiger partial charge in [0.1, 0.15) is 6.04 Å². The Morgan fingerprint density at radius 2 is 1.64 bits per heavy atom. The summed E-state index contributed by atoms with van der Waals surface area (Å²) in [6.07, 6.45) is 9.77. The summed E-state index contributed by atoms with van der Waals surface area (Å²) >= 11 is 5.56. The van der Waals surface area contributed by atoms with E-state index in [0.717, 1.165) is 12.8 Å². The molecule has 0 aliphatic carbocycles. The van der Waals surface area contributed by atoms with Gasteiger partial charge in [-0.15, -0.1) is 11.6 Å². The predicted octanol–water partition coefficient (Wildman–Crippen LogP) is 4.50. The SMILES string of the molecule is CCCCCCCCCC(CCl)N=O. The minimum absolute atomic E-state index is 0.160. The summed E-state index contributed by atoms with van der Waals surface area (Å²) in [7, 11) is 0. The molecule has 1 atom stereocenters. The highest BCUT2D eigenvalue weighted by atomic mass is 35.5. The third-order valence-electron chi connectivity index (χ3n) is 2.47. The molecule has 0 heterocycles. The summed E-state index contributed by atoms with van der Waals surface area (Å²) in [5.74, 6) is 0.374. The first-order chi connectivity index (χ1) is 6.85. The normalized spacial score (nSPS) is 12.7. The van der Waals surface area contributed by atoms with Gasteiger partial charge in [0.25, 0.3) is 0 Å². The maximum Gasteiger partial charge on any atom is 0.105 e. The van der Waals surface area contributed by atoms with Crippen LogP contribution in [0.2, 0.25) is 0 Å². The van der Waals surface area contributed by atoms with Crippen LogP contribution in [0, 0.1) is 4.91 Å². The monoisotopic (exact) mass is 219 g/mol. The van der Waals surface area contributed by atoms with Gasteiger partial charge in [0.2, 0.25) is 0 Å². The van der Waals surface area contributed by atoms with Crippen LogP contribution in [-0.4, -0.2) is 11.9 Å². The Labute approximate surface area is 92.4 Å². The van der Waals surface area contributed by atoms with Crippen LogP contribution in [0.25, 0.3) is 0 Å². The summed E-state index contributed by atoms with van der Waals surface area (Å²) < 4.78 is 0. The molecule has 0 N–H and O–H groups in total. The lowest BCUT2D eigenvalue weighted by Gasteiger charge is -2.04. The molecule has 0 radical (unpaired) electrons. The van der Waals surface area contributed by atoms with Gasteiger partial charge >= 0.3 is 0 Å². The number of alkyl halides is 1. The minimum Gasteiger partial charge on any atom is -0.150 e. The maximum atomic E-state index is 10.2. The summed E-state index contributed by atoms with van der Waals surface area (Å²) in [5.41, 5.74) is 0. The summed E-state index contributed by atoms with van der Waals surface area (Å²) in [4.78, 5) is 10.2. The summed E-state index contributed by atoms with van der Waals surface area (Å²) in [5, 5.41) is 2.97. The van der Waals surface area contributed by atoms with E-state index in [-0.39, 0.29) is 6.04 Å². The van der Waals surface area contributed by atoms with Crippen LogP contribution < -0.4 is 0 Å². The maximum absolute atomic E-state index is 10.2. The van der Waals surface area contributed by atoms with E-state index in [2.05, 4.69) is 12.1 Å². The zero-order valence-corrected chi connectivity index (χ0v) is 9.93. The van der Waals surface area contributed by atoms with Gasteiger partial charge in [0, 0.05) is 5.88 Å². The fourth-order valence-corrected chi connectivity index (χ4v) is 1.71. The lowest BCUT2D eigenvalue weighted by molar-refractivity contribution is 0.548. The molecule has 0 fully saturated rings. The average Bonchev–Trinajstić information content (AvgIpc) is 2.22. The number of nitrogens with zero attached hydrogens (tertiary/aromatic N) is 1. The van der Waals surface area contributed by atoms with Gasteiger partial charge in [-0.05, 0) is 6.42 Å². The lowest BCUT2D eigenvalue weighted by atomic mass is 10.1. The molecular formula is C11H22ClNO. The molecule has 3 heteroatoms. The molecular weight excluding hydrogens is 198 g/mol. The van der Waals surface area contributed by atoms with Crippen LogP contribution in [-0.2, 0) is 0 Å². The molecule has 0 aliphatic heterocycles. The van der Waals surface area contributed by atoms with E-state index >= 15 is 0 Å². The smallest absolute Gasteiger partial charge is 0.105 e. The Balaban J connectivity index is 3.08. The highest BCUT2D eigenvalue weighted by molar-refractivity contribution is 6.18. The van der Waals surface area contributed by atoms with Crippen molar-refractivity contribution in [2.45, 2.75) is 64.3 Å². The average molecular weight is 220 g/mol. The number of hydrogen-bond acceptors (Lipinski definition) is 2. The van der Waals surface area contributed by atoms with Crippen LogP contribution >= 0.6 is 11.6 Å². The summed E-state index contributed by atoms with van der Waals surface area (Å²) in [6.45, 7) is 2.22. The second-order valence-electron chi connectivity index (χ2n) is 3.82. The van der Waals surface area contributed by atoms with Crippen LogP contribution in [0.15, 0.2) is 5.18 Å². The van der Waals surface area contributed by atoms with Gasteiger partial charge in [-0.2, -0.15) is 4.91 Å². The van der Waals surface area contributed by atoms with Crippen LogP contribution in [0.1, 0.15) is 58.3 Å². The number of hydrogen-bond donors (Lipinski definition) is 0. The number of rotatable bonds is 10. The first kappa shape index (κ1) is 13.9. The Morgan fingerprint density at radius 3 is 2.14 bits per heavy atom. The van der Waals surface area contributed by atoms with Crippen molar-refractivity contribution in [3.63, 3.8) is 0 Å². The van der Waals surface area contributed by atoms with Gasteiger partial charge in [-0.1, -0.05) is 57.0 Å². The van der Waals surface area contributed by atoms with E-state index in [9.17, 15) is 4.91 Å². The Bertz CT molecular complexity index is 130. The number of unbranched alkanes of at least 4 members (excludes halogenated alkanes) is 6. The van der Waals surface area contributed by atoms with Crippen molar-refractivity contribution in [3.05, 3.63) is 4.91 Å². The van der Waals surface area contributed by atoms with E-state index in [0.29, 0.717) is 5.88 Å². The number of halogens is 1. The van der Waals surface area contributed by atoms with E-state index < -0.39 is 0 Å². The first-order valence-electron chi connectivity index (χ1n) is 5.73. The Hall–Kier alpha value is -0.110. The van der Waals surface area contributed by atoms with Gasteiger partial charge in [0.05, 0.1) is 0 Å². The Kier molecular flexibility index (Phi) is 10.9. The quantitative estimate of drug-likeness (QED) is 0.302. The molecule has 0 aromatic rings. The van der Waals surface area contributed by atoms with Gasteiger partial charge < -0.3 is 0 Å². The summed E-state index contributed by atoms with van der Waals surface area (Å²) in [6, 6.07) is -0.160. The standard InChI is InChI=1S/C11H22ClNO/c1-2-3-4-5-6-7-8-9-11(10-12)13-14/h11H,2-10H2,1H3. The largest absolute Gasteiger partial charge is 0.150 e. The second-order valence-corrected chi connectivity index (χ2v) is 4.13. The van der Waals surface area contributed by atoms with Gasteiger partial charge in [0.15, 0.2) is 0 Å². The predicted molar refractivity (Wildman–Crippen MR) is 62.9 cm³/mol. The second kappa shape index (κ2) is 11.0. The van der Waals surface area contributed by atoms with E-state index in [1.807, 2.05) is 0 Å². The zero-order valence-electron chi connectivity index (χ0n) is 9.17. The van der Waals surface area contributed by atoms with Gasteiger partial charge in [-0.25, -0.2) is 0 Å². The van der Waals surface area contributed by atoms with E-state index in [1.165, 1.54) is 38.5 Å². The third-order valence-corrected chi connectivity index (χ3v) is 2.82. The fraction of sp³-hybridized carbons (Fsp3) is 1.00. The van der Waals surface area contributed by atoms with Crippen molar-refractivity contribution in [1.29, 1.82) is 0 Å². The molecule has 0 amide bonds. The molecule has 0 saturated heterocycles. The highest BCUT2D eigenvalue weighted by Gasteiger charge is 2.05. The molecule has 0 rings (SSSR count). The minimum atomic E-state index is -0.160. The third kappa shape index (κ3) is 8.49. The van der Waals surface area contributed by atoms with Crippen molar-refractivity contribution in [3.8, 4) is 0 Å². The van der Waals surface area contributed by atoms with Crippen molar-refractivity contribution in [1.82, 2.24) is 0 Å². The molecule has 84 valence electrons. The molecule has 0 saturated carbocycles. The molecule has 2 nitrogen and oxygen atoms in total. The molecule has 0 aliphatic rings. The molecule has 14 heavy (non-hydrogen) atoms. The molecule has 0 spiro atoms. The van der Waals surface area contributed by atoms with Crippen molar-refractivity contribution in [2.75, 3.05) is 5.88 Å². The fourth-order valence-electron chi connectivity index (χ4n) is 1.50. The molecule has 0 aromatic heterocycles. The van der Waals surface area contributed by atoms with E-state index in [1.54, 1.807) is 0 Å². The topological polar surface area (TPSA) is 29.4 Å². The van der Waals surface area contributed by atoms with Crippen LogP contribution in [0.4, 0.5) is 0 Å². The highest BCUT2D eigenvalue weighted by Crippen LogP contribution is 2.11. The molecule has 0 aromatic carbocycles. The van der Waals surface area contributed by atoms with E-state index in [4.69, 9.17) is 11.6 Å². The first-order valence-corrected chi connectivity index (χ1v) is 6.27. The van der Waals surface area contributed by atoms with Crippen molar-refractivity contribution < 1.29 is 0 Å². The van der Waals surface area contributed by atoms with Crippen LogP contribution in [0.5, 0.6) is 0 Å². The van der Waals surface area contributed by atoms with Gasteiger partial charge in [-0.3, -0.25) is 0 Å². The lowest BCUT2D eigenvalue weighted by Crippen LogP contribution is -2.04. The van der Waals surface area contributed by atoms with Crippen molar-refractivity contribution in [2.24, 2.45) is 5.18 Å². The van der Waals surface area contributed by atoms with Crippen molar-refractivity contribution >= 4 is 11.6 Å². The zero-order chi connectivity index (χ0) is 10.6.